The molecule has 2 atom stereocenters. The highest BCUT2D eigenvalue weighted by molar-refractivity contribution is 6.09. The van der Waals surface area contributed by atoms with E-state index in [9.17, 15) is 9.90 Å². The molecule has 0 spiro atoms. The summed E-state index contributed by atoms with van der Waals surface area (Å²) in [5.41, 5.74) is 5.33. The molecule has 4 heteroatoms. The van der Waals surface area contributed by atoms with Crippen LogP contribution in [-0.4, -0.2) is 29.4 Å². The minimum Gasteiger partial charge on any atom is -0.488 e. The fourth-order valence-corrected chi connectivity index (χ4v) is 4.87. The molecule has 1 heterocycles. The lowest BCUT2D eigenvalue weighted by molar-refractivity contribution is 0.0696. The van der Waals surface area contributed by atoms with Gasteiger partial charge in [-0.2, -0.15) is 0 Å². The van der Waals surface area contributed by atoms with Crippen molar-refractivity contribution < 1.29 is 14.6 Å². The first kappa shape index (κ1) is 21.9. The third kappa shape index (κ3) is 4.19. The predicted molar refractivity (Wildman–Crippen MR) is 136 cm³/mol. The Balaban J connectivity index is 1.45. The van der Waals surface area contributed by atoms with Gasteiger partial charge in [0.25, 0.3) is 0 Å². The first-order valence-corrected chi connectivity index (χ1v) is 11.6. The fourth-order valence-electron chi connectivity index (χ4n) is 4.87. The van der Waals surface area contributed by atoms with Gasteiger partial charge in [-0.1, -0.05) is 72.8 Å². The van der Waals surface area contributed by atoms with E-state index in [4.69, 9.17) is 9.73 Å². The zero-order valence-corrected chi connectivity index (χ0v) is 19.4. The molecule has 0 amide bonds. The number of rotatable bonds is 5. The van der Waals surface area contributed by atoms with Crippen molar-refractivity contribution in [3.8, 4) is 5.75 Å². The molecule has 4 aromatic rings. The highest BCUT2D eigenvalue weighted by Crippen LogP contribution is 2.41. The van der Waals surface area contributed by atoms with Crippen molar-refractivity contribution in [2.24, 2.45) is 4.99 Å². The molecule has 170 valence electrons. The summed E-state index contributed by atoms with van der Waals surface area (Å²) >= 11 is 0. The van der Waals surface area contributed by atoms with Crippen LogP contribution < -0.4 is 4.74 Å². The minimum absolute atomic E-state index is 0.0571. The molecule has 1 N–H and O–H groups in total. The first-order chi connectivity index (χ1) is 16.5. The Morgan fingerprint density at radius 1 is 0.971 bits per heavy atom. The molecule has 5 rings (SSSR count). The van der Waals surface area contributed by atoms with Crippen LogP contribution in [0.1, 0.15) is 51.9 Å². The fraction of sp³-hybridized carbons (Fsp3) is 0.200. The number of aryl methyl sites for hydroxylation is 1. The zero-order valence-electron chi connectivity index (χ0n) is 19.4. The number of benzene rings is 4. The Morgan fingerprint density at radius 2 is 1.74 bits per heavy atom. The third-order valence-corrected chi connectivity index (χ3v) is 6.69. The average Bonchev–Trinajstić information content (AvgIpc) is 2.86. The normalized spacial score (nSPS) is 17.8. The lowest BCUT2D eigenvalue weighted by atomic mass is 9.83. The van der Waals surface area contributed by atoms with E-state index >= 15 is 0 Å². The van der Waals surface area contributed by atoms with Gasteiger partial charge in [-0.3, -0.25) is 4.99 Å². The molecule has 1 aliphatic heterocycles. The molecule has 0 aromatic heterocycles. The second kappa shape index (κ2) is 9.14. The predicted octanol–water partition coefficient (Wildman–Crippen LogP) is 6.64. The summed E-state index contributed by atoms with van der Waals surface area (Å²) < 4.78 is 6.34. The van der Waals surface area contributed by atoms with Crippen LogP contribution in [-0.2, 0) is 0 Å². The topological polar surface area (TPSA) is 58.9 Å². The van der Waals surface area contributed by atoms with Crippen LogP contribution in [0.4, 0.5) is 0 Å². The van der Waals surface area contributed by atoms with Crippen molar-refractivity contribution in [1.82, 2.24) is 0 Å². The standard InChI is InChI=1S/C30H27NO3/c1-19-14-15-22(16-27(19)30(32)33)28-17-23(34-29-13-6-5-11-26(28)29)18-31-20(2)24-12-7-9-21-8-3-4-10-25(21)24/h3-16,23,28H,17-18H2,1-2H3,(H,32,33)/b31-20+/t23-,28-/m1/s1. The summed E-state index contributed by atoms with van der Waals surface area (Å²) in [6.07, 6.45) is 0.644. The van der Waals surface area contributed by atoms with Gasteiger partial charge in [0.1, 0.15) is 11.9 Å². The van der Waals surface area contributed by atoms with Crippen LogP contribution in [0.2, 0.25) is 0 Å². The maximum atomic E-state index is 11.7. The number of nitrogens with zero attached hydrogens (tertiary/aromatic N) is 1. The van der Waals surface area contributed by atoms with Crippen molar-refractivity contribution in [2.75, 3.05) is 6.54 Å². The van der Waals surface area contributed by atoms with Crippen molar-refractivity contribution in [3.63, 3.8) is 0 Å². The van der Waals surface area contributed by atoms with Crippen molar-refractivity contribution in [2.45, 2.75) is 32.3 Å². The SMILES string of the molecule is C/C(=N\C[C@H]1C[C@H](c2ccc(C)c(C(=O)O)c2)c2ccccc2O1)c1cccc2ccccc12. The van der Waals surface area contributed by atoms with Crippen molar-refractivity contribution in [1.29, 1.82) is 0 Å². The van der Waals surface area contributed by atoms with E-state index < -0.39 is 5.97 Å². The van der Waals surface area contributed by atoms with Crippen LogP contribution in [0.5, 0.6) is 5.75 Å². The summed E-state index contributed by atoms with van der Waals surface area (Å²) in [5.74, 6) is 0.00693. The maximum absolute atomic E-state index is 11.7. The van der Waals surface area contributed by atoms with Gasteiger partial charge in [-0.05, 0) is 54.3 Å². The van der Waals surface area contributed by atoms with Crippen LogP contribution in [0.3, 0.4) is 0 Å². The maximum Gasteiger partial charge on any atom is 0.335 e. The second-order valence-electron chi connectivity index (χ2n) is 8.90. The molecule has 0 unspecified atom stereocenters. The molecule has 4 aromatic carbocycles. The van der Waals surface area contributed by atoms with Gasteiger partial charge in [0.05, 0.1) is 12.1 Å². The number of hydrogen-bond acceptors (Lipinski definition) is 3. The van der Waals surface area contributed by atoms with Crippen LogP contribution in [0.25, 0.3) is 10.8 Å². The zero-order chi connectivity index (χ0) is 23.7. The van der Waals surface area contributed by atoms with Gasteiger partial charge < -0.3 is 9.84 Å². The summed E-state index contributed by atoms with van der Waals surface area (Å²) in [6, 6.07) is 28.4. The highest BCUT2D eigenvalue weighted by Gasteiger charge is 2.30. The molecule has 4 nitrogen and oxygen atoms in total. The summed E-state index contributed by atoms with van der Waals surface area (Å²) in [4.78, 5) is 16.7. The molecular weight excluding hydrogens is 422 g/mol. The van der Waals surface area contributed by atoms with E-state index in [0.29, 0.717) is 12.1 Å². The minimum atomic E-state index is -0.897. The molecule has 0 radical (unpaired) electrons. The van der Waals surface area contributed by atoms with Crippen LogP contribution in [0.15, 0.2) is 89.9 Å². The number of carboxylic acid groups (broad SMARTS) is 1. The Morgan fingerprint density at radius 3 is 2.59 bits per heavy atom. The largest absolute Gasteiger partial charge is 0.488 e. The monoisotopic (exact) mass is 449 g/mol. The first-order valence-electron chi connectivity index (χ1n) is 11.6. The summed E-state index contributed by atoms with van der Waals surface area (Å²) in [6.45, 7) is 4.42. The van der Waals surface area contributed by atoms with Crippen molar-refractivity contribution >= 4 is 22.5 Å². The number of aromatic carboxylic acids is 1. The van der Waals surface area contributed by atoms with Gasteiger partial charge in [-0.25, -0.2) is 4.79 Å². The van der Waals surface area contributed by atoms with Gasteiger partial charge in [0.15, 0.2) is 0 Å². The van der Waals surface area contributed by atoms with E-state index in [1.54, 1.807) is 0 Å². The highest BCUT2D eigenvalue weighted by atomic mass is 16.5. The lowest BCUT2D eigenvalue weighted by Gasteiger charge is -2.32. The smallest absolute Gasteiger partial charge is 0.335 e. The number of aliphatic imine (C=N–C) groups is 1. The van der Waals surface area contributed by atoms with E-state index in [1.165, 1.54) is 10.8 Å². The second-order valence-corrected chi connectivity index (χ2v) is 8.90. The molecule has 0 bridgehead atoms. The van der Waals surface area contributed by atoms with Gasteiger partial charge >= 0.3 is 5.97 Å². The Hall–Kier alpha value is -3.92. The Kier molecular flexibility index (Phi) is 5.89. The third-order valence-electron chi connectivity index (χ3n) is 6.69. The van der Waals surface area contributed by atoms with Gasteiger partial charge in [0, 0.05) is 22.8 Å². The van der Waals surface area contributed by atoms with E-state index in [2.05, 4.69) is 49.4 Å². The van der Waals surface area contributed by atoms with E-state index in [1.807, 2.05) is 49.4 Å². The summed E-state index contributed by atoms with van der Waals surface area (Å²) in [5, 5.41) is 12.0. The van der Waals surface area contributed by atoms with E-state index in [-0.39, 0.29) is 12.0 Å². The number of para-hydroxylation sites is 1. The molecule has 0 saturated carbocycles. The number of carbonyl (C=O) groups is 1. The lowest BCUT2D eigenvalue weighted by Crippen LogP contribution is -2.29. The average molecular weight is 450 g/mol. The molecule has 34 heavy (non-hydrogen) atoms. The van der Waals surface area contributed by atoms with Crippen molar-refractivity contribution in [3.05, 3.63) is 113 Å². The van der Waals surface area contributed by atoms with E-state index in [0.717, 1.165) is 40.1 Å². The number of carboxylic acids is 1. The quantitative estimate of drug-likeness (QED) is 0.348. The number of hydrogen-bond donors (Lipinski definition) is 1. The molecule has 0 aliphatic carbocycles. The molecule has 0 fully saturated rings. The number of fused-ring (bicyclic) bond motifs is 2. The Labute approximate surface area is 199 Å². The number of ether oxygens (including phenoxy) is 1. The van der Waals surface area contributed by atoms with Gasteiger partial charge in [-0.15, -0.1) is 0 Å². The van der Waals surface area contributed by atoms with Gasteiger partial charge in [0.2, 0.25) is 0 Å². The molecule has 0 saturated heterocycles. The van der Waals surface area contributed by atoms with Crippen LogP contribution >= 0.6 is 0 Å². The summed E-state index contributed by atoms with van der Waals surface area (Å²) in [7, 11) is 0. The molecular formula is C30H27NO3. The Bertz CT molecular complexity index is 1400. The van der Waals surface area contributed by atoms with Crippen LogP contribution in [0, 0.1) is 6.92 Å². The molecule has 1 aliphatic rings.